The van der Waals surface area contributed by atoms with Crippen molar-refractivity contribution >= 4 is 23.2 Å². The van der Waals surface area contributed by atoms with Gasteiger partial charge < -0.3 is 19.4 Å². The topological polar surface area (TPSA) is 78.3 Å². The van der Waals surface area contributed by atoms with Crippen molar-refractivity contribution in [1.29, 1.82) is 0 Å². The van der Waals surface area contributed by atoms with Gasteiger partial charge in [-0.2, -0.15) is 0 Å². The molecule has 1 N–H and O–H groups in total. The average molecular weight is 439 g/mol. The van der Waals surface area contributed by atoms with E-state index in [1.807, 2.05) is 24.3 Å². The Bertz CT molecular complexity index is 1110. The first kappa shape index (κ1) is 19.9. The molecule has 0 radical (unpaired) electrons. The number of fused-ring (bicyclic) bond motifs is 2. The quantitative estimate of drug-likeness (QED) is 0.639. The van der Waals surface area contributed by atoms with Crippen LogP contribution in [0.3, 0.4) is 0 Å². The molecule has 0 aliphatic carbocycles. The molecule has 2 aliphatic heterocycles. The molecule has 2 aromatic carbocycles. The lowest BCUT2D eigenvalue weighted by Crippen LogP contribution is -2.12. The van der Waals surface area contributed by atoms with Crippen molar-refractivity contribution in [2.45, 2.75) is 38.6 Å². The van der Waals surface area contributed by atoms with Crippen LogP contribution in [0.5, 0.6) is 11.5 Å². The van der Waals surface area contributed by atoms with Gasteiger partial charge in [-0.05, 0) is 49.2 Å². The molecule has 0 atom stereocenters. The summed E-state index contributed by atoms with van der Waals surface area (Å²) in [5.41, 5.74) is 2.09. The Kier molecular flexibility index (Phi) is 5.51. The second kappa shape index (κ2) is 8.59. The molecule has 160 valence electrons. The summed E-state index contributed by atoms with van der Waals surface area (Å²) < 4.78 is 13.5. The Morgan fingerprint density at radius 3 is 2.71 bits per heavy atom. The molecule has 0 saturated heterocycles. The predicted octanol–water partition coefficient (Wildman–Crippen LogP) is 4.74. The van der Waals surface area contributed by atoms with Crippen molar-refractivity contribution in [2.24, 2.45) is 0 Å². The molecule has 0 fully saturated rings. The minimum absolute atomic E-state index is 0.262. The fourth-order valence-electron chi connectivity index (χ4n) is 3.97. The molecular weight excluding hydrogens is 416 g/mol. The van der Waals surface area contributed by atoms with Crippen LogP contribution < -0.4 is 14.8 Å². The Morgan fingerprint density at radius 1 is 1.00 bits per heavy atom. The first-order chi connectivity index (χ1) is 15.2. The highest BCUT2D eigenvalue weighted by atomic mass is 35.5. The van der Waals surface area contributed by atoms with Gasteiger partial charge in [-0.3, -0.25) is 4.79 Å². The van der Waals surface area contributed by atoms with E-state index in [0.29, 0.717) is 41.0 Å². The fourth-order valence-corrected chi connectivity index (χ4v) is 4.23. The fraction of sp³-hybridized carbons (Fsp3) is 0.348. The van der Waals surface area contributed by atoms with Crippen molar-refractivity contribution in [3.05, 3.63) is 52.8 Å². The van der Waals surface area contributed by atoms with E-state index in [1.165, 1.54) is 6.42 Å². The van der Waals surface area contributed by atoms with Crippen LogP contribution in [0.25, 0.3) is 11.4 Å². The second-order valence-electron chi connectivity index (χ2n) is 7.77. The number of nitrogens with zero attached hydrogens (tertiary/aromatic N) is 3. The maximum atomic E-state index is 12.8. The van der Waals surface area contributed by atoms with E-state index >= 15 is 0 Å². The zero-order valence-electron chi connectivity index (χ0n) is 17.1. The summed E-state index contributed by atoms with van der Waals surface area (Å²) in [4.78, 5) is 12.8. The molecule has 0 saturated carbocycles. The summed E-state index contributed by atoms with van der Waals surface area (Å²) in [5.74, 6) is 2.66. The third-order valence-electron chi connectivity index (χ3n) is 5.57. The van der Waals surface area contributed by atoms with Crippen LogP contribution in [0.4, 0.5) is 5.69 Å². The smallest absolute Gasteiger partial charge is 0.255 e. The highest BCUT2D eigenvalue weighted by Gasteiger charge is 2.19. The Balaban J connectivity index is 1.34. The standard InChI is InChI=1S/C23H23ClN4O3/c24-18-13-16(14-19-21(18)31-12-4-11-30-19)23(29)25-17-8-6-15(7-9-17)22-27-26-20-5-2-1-3-10-28(20)22/h6-9,13-14H,1-5,10-12H2,(H,25,29). The van der Waals surface area contributed by atoms with Gasteiger partial charge in [-0.1, -0.05) is 18.0 Å². The molecule has 1 aromatic heterocycles. The zero-order valence-corrected chi connectivity index (χ0v) is 17.8. The number of aryl methyl sites for hydroxylation is 1. The lowest BCUT2D eigenvalue weighted by atomic mass is 10.1. The van der Waals surface area contributed by atoms with Crippen LogP contribution in [-0.4, -0.2) is 33.9 Å². The predicted molar refractivity (Wildman–Crippen MR) is 118 cm³/mol. The maximum absolute atomic E-state index is 12.8. The number of ether oxygens (including phenoxy) is 2. The number of anilines is 1. The number of rotatable bonds is 3. The summed E-state index contributed by atoms with van der Waals surface area (Å²) in [7, 11) is 0. The van der Waals surface area contributed by atoms with Gasteiger partial charge in [-0.25, -0.2) is 0 Å². The third-order valence-corrected chi connectivity index (χ3v) is 5.86. The Hall–Kier alpha value is -3.06. The summed E-state index contributed by atoms with van der Waals surface area (Å²) >= 11 is 6.31. The van der Waals surface area contributed by atoms with Gasteiger partial charge in [0.05, 0.1) is 18.2 Å². The number of nitrogens with one attached hydrogen (secondary N) is 1. The molecule has 3 aromatic rings. The van der Waals surface area contributed by atoms with E-state index in [2.05, 4.69) is 20.1 Å². The molecule has 0 spiro atoms. The number of hydrogen-bond donors (Lipinski definition) is 1. The second-order valence-corrected chi connectivity index (χ2v) is 8.18. The molecular formula is C23H23ClN4O3. The monoisotopic (exact) mass is 438 g/mol. The molecule has 0 bridgehead atoms. The lowest BCUT2D eigenvalue weighted by Gasteiger charge is -2.12. The summed E-state index contributed by atoms with van der Waals surface area (Å²) in [6, 6.07) is 10.9. The van der Waals surface area contributed by atoms with Gasteiger partial charge >= 0.3 is 0 Å². The van der Waals surface area contributed by atoms with Crippen molar-refractivity contribution in [3.8, 4) is 22.9 Å². The maximum Gasteiger partial charge on any atom is 0.255 e. The van der Waals surface area contributed by atoms with Gasteiger partial charge in [0.25, 0.3) is 5.91 Å². The normalized spacial score (nSPS) is 15.5. The Morgan fingerprint density at radius 2 is 1.84 bits per heavy atom. The lowest BCUT2D eigenvalue weighted by molar-refractivity contribution is 0.102. The van der Waals surface area contributed by atoms with E-state index in [-0.39, 0.29) is 5.91 Å². The third kappa shape index (κ3) is 4.10. The highest BCUT2D eigenvalue weighted by Crippen LogP contribution is 2.38. The van der Waals surface area contributed by atoms with E-state index in [4.69, 9.17) is 21.1 Å². The van der Waals surface area contributed by atoms with Gasteiger partial charge in [0.15, 0.2) is 17.3 Å². The molecule has 8 heteroatoms. The van der Waals surface area contributed by atoms with Gasteiger partial charge in [0.2, 0.25) is 0 Å². The number of hydrogen-bond acceptors (Lipinski definition) is 5. The molecule has 2 aliphatic rings. The van der Waals surface area contributed by atoms with Crippen LogP contribution in [-0.2, 0) is 13.0 Å². The van der Waals surface area contributed by atoms with Crippen molar-refractivity contribution in [3.63, 3.8) is 0 Å². The van der Waals surface area contributed by atoms with Crippen molar-refractivity contribution < 1.29 is 14.3 Å². The molecule has 5 rings (SSSR count). The van der Waals surface area contributed by atoms with E-state index in [9.17, 15) is 4.79 Å². The van der Waals surface area contributed by atoms with E-state index in [0.717, 1.165) is 49.4 Å². The van der Waals surface area contributed by atoms with Crippen LogP contribution in [0.2, 0.25) is 5.02 Å². The molecule has 7 nitrogen and oxygen atoms in total. The first-order valence-corrected chi connectivity index (χ1v) is 11.0. The summed E-state index contributed by atoms with van der Waals surface area (Å²) in [6.07, 6.45) is 5.27. The largest absolute Gasteiger partial charge is 0.489 e. The molecule has 0 unspecified atom stereocenters. The van der Waals surface area contributed by atoms with Crippen LogP contribution in [0, 0.1) is 0 Å². The number of halogens is 1. The minimum Gasteiger partial charge on any atom is -0.489 e. The van der Waals surface area contributed by atoms with Crippen molar-refractivity contribution in [1.82, 2.24) is 14.8 Å². The number of amides is 1. The van der Waals surface area contributed by atoms with Crippen LogP contribution in [0.1, 0.15) is 41.9 Å². The van der Waals surface area contributed by atoms with Crippen LogP contribution in [0.15, 0.2) is 36.4 Å². The zero-order chi connectivity index (χ0) is 21.2. The number of carbonyl (C=O) groups is 1. The van der Waals surface area contributed by atoms with E-state index < -0.39 is 0 Å². The van der Waals surface area contributed by atoms with Gasteiger partial charge in [0.1, 0.15) is 5.82 Å². The Labute approximate surface area is 185 Å². The van der Waals surface area contributed by atoms with Crippen LogP contribution >= 0.6 is 11.6 Å². The minimum atomic E-state index is -0.262. The summed E-state index contributed by atoms with van der Waals surface area (Å²) in [5, 5.41) is 12.0. The summed E-state index contributed by atoms with van der Waals surface area (Å²) in [6.45, 7) is 2.02. The molecule has 31 heavy (non-hydrogen) atoms. The number of carbonyl (C=O) groups excluding carboxylic acids is 1. The van der Waals surface area contributed by atoms with Crippen molar-refractivity contribution in [2.75, 3.05) is 18.5 Å². The molecule has 3 heterocycles. The van der Waals surface area contributed by atoms with E-state index in [1.54, 1.807) is 12.1 Å². The average Bonchev–Trinajstić information content (AvgIpc) is 2.95. The molecule has 1 amide bonds. The van der Waals surface area contributed by atoms with Gasteiger partial charge in [0, 0.05) is 36.2 Å². The number of benzene rings is 2. The van der Waals surface area contributed by atoms with Gasteiger partial charge in [-0.15, -0.1) is 10.2 Å². The number of aromatic nitrogens is 3. The SMILES string of the molecule is O=C(Nc1ccc(-c2nnc3n2CCCCC3)cc1)c1cc(Cl)c2c(c1)OCCCO2. The highest BCUT2D eigenvalue weighted by molar-refractivity contribution is 6.32. The first-order valence-electron chi connectivity index (χ1n) is 10.6.